The molecule has 0 bridgehead atoms. The van der Waals surface area contributed by atoms with E-state index in [4.69, 9.17) is 0 Å². The van der Waals surface area contributed by atoms with E-state index in [9.17, 15) is 13.2 Å². The van der Waals surface area contributed by atoms with E-state index >= 15 is 0 Å². The van der Waals surface area contributed by atoms with E-state index in [1.54, 1.807) is 4.90 Å². The lowest BCUT2D eigenvalue weighted by Gasteiger charge is -2.28. The summed E-state index contributed by atoms with van der Waals surface area (Å²) in [6, 6.07) is 1.22. The molecule has 4 unspecified atom stereocenters. The number of hydrogen-bond donors (Lipinski definition) is 2. The molecule has 0 aromatic rings. The smallest absolute Gasteiger partial charge is 0.314 e. The lowest BCUT2D eigenvalue weighted by Crippen LogP contribution is -2.44. The summed E-state index contributed by atoms with van der Waals surface area (Å²) in [6.07, 6.45) is 3.19. The molecule has 0 aromatic heterocycles. The van der Waals surface area contributed by atoms with Crippen molar-refractivity contribution in [3.05, 3.63) is 0 Å². The minimum atomic E-state index is -4.06. The Hall–Kier alpha value is -0.330. The normalized spacial score (nSPS) is 37.2. The molecule has 0 amide bonds. The first-order valence-electron chi connectivity index (χ1n) is 8.77. The van der Waals surface area contributed by atoms with Crippen molar-refractivity contribution in [3.63, 3.8) is 0 Å². The molecule has 2 heterocycles. The predicted molar refractivity (Wildman–Crippen MR) is 80.8 cm³/mol. The van der Waals surface area contributed by atoms with Gasteiger partial charge in [-0.1, -0.05) is 6.42 Å². The van der Waals surface area contributed by atoms with E-state index in [0.717, 1.165) is 25.4 Å². The van der Waals surface area contributed by atoms with Crippen LogP contribution in [0.25, 0.3) is 0 Å². The zero-order valence-corrected chi connectivity index (χ0v) is 13.2. The Labute approximate surface area is 131 Å². The zero-order chi connectivity index (χ0) is 15.6. The van der Waals surface area contributed by atoms with Crippen LogP contribution in [0.4, 0.5) is 13.2 Å². The van der Waals surface area contributed by atoms with Gasteiger partial charge in [0.25, 0.3) is 0 Å². The molecule has 0 radical (unpaired) electrons. The van der Waals surface area contributed by atoms with Crippen LogP contribution < -0.4 is 10.6 Å². The summed E-state index contributed by atoms with van der Waals surface area (Å²) in [7, 11) is 0. The average Bonchev–Trinajstić information content (AvgIpc) is 3.16. The molecule has 1 saturated carbocycles. The summed E-state index contributed by atoms with van der Waals surface area (Å²) in [6.45, 7) is 2.45. The van der Waals surface area contributed by atoms with Gasteiger partial charge in [-0.2, -0.15) is 13.2 Å². The van der Waals surface area contributed by atoms with Crippen molar-refractivity contribution in [2.24, 2.45) is 11.8 Å². The third-order valence-corrected chi connectivity index (χ3v) is 5.63. The van der Waals surface area contributed by atoms with E-state index in [0.29, 0.717) is 31.1 Å². The van der Waals surface area contributed by atoms with Gasteiger partial charge in [-0.05, 0) is 63.6 Å². The van der Waals surface area contributed by atoms with Crippen molar-refractivity contribution >= 4 is 0 Å². The Balaban J connectivity index is 1.41. The molecular weight excluding hydrogens is 291 g/mol. The van der Waals surface area contributed by atoms with Crippen molar-refractivity contribution in [2.75, 3.05) is 32.7 Å². The summed E-state index contributed by atoms with van der Waals surface area (Å²) in [5.41, 5.74) is 0. The largest absolute Gasteiger partial charge is 0.401 e. The lowest BCUT2D eigenvalue weighted by molar-refractivity contribution is -0.143. The highest BCUT2D eigenvalue weighted by atomic mass is 19.4. The second-order valence-corrected chi connectivity index (χ2v) is 7.32. The van der Waals surface area contributed by atoms with Crippen LogP contribution in [0.2, 0.25) is 0 Å². The van der Waals surface area contributed by atoms with E-state index in [2.05, 4.69) is 10.6 Å². The van der Waals surface area contributed by atoms with Crippen molar-refractivity contribution in [1.82, 2.24) is 15.5 Å². The van der Waals surface area contributed by atoms with Crippen LogP contribution in [0.5, 0.6) is 0 Å². The standard InChI is InChI=1S/C16H28F3N3/c17-16(18,19)11-22-8-6-12(10-22)9-21-15-4-1-3-13(15)14-5-2-7-20-14/h12-15,20-21H,1-11H2. The first kappa shape index (κ1) is 16.5. The van der Waals surface area contributed by atoms with Gasteiger partial charge in [-0.3, -0.25) is 4.90 Å². The molecule has 0 aromatic carbocycles. The summed E-state index contributed by atoms with van der Waals surface area (Å²) in [5, 5.41) is 7.30. The van der Waals surface area contributed by atoms with Crippen molar-refractivity contribution in [1.29, 1.82) is 0 Å². The van der Waals surface area contributed by atoms with Crippen molar-refractivity contribution in [3.8, 4) is 0 Å². The second-order valence-electron chi connectivity index (χ2n) is 7.32. The quantitative estimate of drug-likeness (QED) is 0.815. The van der Waals surface area contributed by atoms with Crippen LogP contribution >= 0.6 is 0 Å². The van der Waals surface area contributed by atoms with E-state index in [1.807, 2.05) is 0 Å². The van der Waals surface area contributed by atoms with E-state index < -0.39 is 12.7 Å². The highest BCUT2D eigenvalue weighted by Crippen LogP contribution is 2.32. The predicted octanol–water partition coefficient (Wildman–Crippen LogP) is 2.38. The second kappa shape index (κ2) is 7.05. The van der Waals surface area contributed by atoms with Crippen LogP contribution in [-0.4, -0.2) is 55.9 Å². The van der Waals surface area contributed by atoms with Gasteiger partial charge in [0.2, 0.25) is 0 Å². The van der Waals surface area contributed by atoms with Crippen LogP contribution in [-0.2, 0) is 0 Å². The van der Waals surface area contributed by atoms with Gasteiger partial charge in [0, 0.05) is 18.6 Å². The highest BCUT2D eigenvalue weighted by Gasteiger charge is 2.37. The number of halogens is 3. The Bertz CT molecular complexity index is 355. The first-order valence-corrected chi connectivity index (χ1v) is 8.77. The number of nitrogens with one attached hydrogen (secondary N) is 2. The minimum Gasteiger partial charge on any atom is -0.314 e. The Kier molecular flexibility index (Phi) is 5.30. The lowest BCUT2D eigenvalue weighted by atomic mass is 9.92. The Morgan fingerprint density at radius 3 is 2.68 bits per heavy atom. The third kappa shape index (κ3) is 4.36. The first-order chi connectivity index (χ1) is 10.5. The Morgan fingerprint density at radius 1 is 1.09 bits per heavy atom. The zero-order valence-electron chi connectivity index (χ0n) is 13.2. The number of hydrogen-bond acceptors (Lipinski definition) is 3. The molecular formula is C16H28F3N3. The molecule has 4 atom stereocenters. The van der Waals surface area contributed by atoms with E-state index in [-0.39, 0.29) is 0 Å². The van der Waals surface area contributed by atoms with Crippen LogP contribution in [0, 0.1) is 11.8 Å². The number of nitrogens with zero attached hydrogens (tertiary/aromatic N) is 1. The number of rotatable bonds is 5. The fourth-order valence-corrected chi connectivity index (χ4v) is 4.60. The van der Waals surface area contributed by atoms with Crippen molar-refractivity contribution in [2.45, 2.75) is 56.8 Å². The molecule has 2 aliphatic heterocycles. The molecule has 1 aliphatic carbocycles. The molecule has 3 rings (SSSR count). The molecule has 3 aliphatic rings. The number of alkyl halides is 3. The maximum absolute atomic E-state index is 12.4. The maximum Gasteiger partial charge on any atom is 0.401 e. The summed E-state index contributed by atoms with van der Waals surface area (Å²) >= 11 is 0. The van der Waals surface area contributed by atoms with Crippen molar-refractivity contribution < 1.29 is 13.2 Å². The van der Waals surface area contributed by atoms with Gasteiger partial charge in [-0.25, -0.2) is 0 Å². The van der Waals surface area contributed by atoms with Gasteiger partial charge in [0.15, 0.2) is 0 Å². The van der Waals surface area contributed by atoms with Crippen LogP contribution in [0.15, 0.2) is 0 Å². The van der Waals surface area contributed by atoms with E-state index in [1.165, 1.54) is 32.1 Å². The molecule has 6 heteroatoms. The third-order valence-electron chi connectivity index (χ3n) is 5.63. The molecule has 2 N–H and O–H groups in total. The van der Waals surface area contributed by atoms with Gasteiger partial charge in [0.05, 0.1) is 6.54 Å². The van der Waals surface area contributed by atoms with Crippen LogP contribution in [0.1, 0.15) is 38.5 Å². The topological polar surface area (TPSA) is 27.3 Å². The fourth-order valence-electron chi connectivity index (χ4n) is 4.60. The average molecular weight is 319 g/mol. The number of likely N-dealkylation sites (tertiary alicyclic amines) is 1. The summed E-state index contributed by atoms with van der Waals surface area (Å²) in [4.78, 5) is 1.55. The monoisotopic (exact) mass is 319 g/mol. The molecule has 128 valence electrons. The highest BCUT2D eigenvalue weighted by molar-refractivity contribution is 4.93. The van der Waals surface area contributed by atoms with Gasteiger partial charge in [0.1, 0.15) is 0 Å². The fraction of sp³-hybridized carbons (Fsp3) is 1.00. The van der Waals surface area contributed by atoms with Gasteiger partial charge < -0.3 is 10.6 Å². The molecule has 2 saturated heterocycles. The maximum atomic E-state index is 12.4. The Morgan fingerprint density at radius 2 is 1.95 bits per heavy atom. The van der Waals surface area contributed by atoms with Gasteiger partial charge in [-0.15, -0.1) is 0 Å². The SMILES string of the molecule is FC(F)(F)CN1CCC(CNC2CCCC2C2CCCN2)C1. The van der Waals surface area contributed by atoms with Crippen LogP contribution in [0.3, 0.4) is 0 Å². The molecule has 3 fully saturated rings. The van der Waals surface area contributed by atoms with Gasteiger partial charge >= 0.3 is 6.18 Å². The summed E-state index contributed by atoms with van der Waals surface area (Å²) in [5.74, 6) is 1.09. The molecule has 3 nitrogen and oxygen atoms in total. The summed E-state index contributed by atoms with van der Waals surface area (Å²) < 4.78 is 37.3. The molecule has 0 spiro atoms. The minimum absolute atomic E-state index is 0.375. The molecule has 22 heavy (non-hydrogen) atoms.